The van der Waals surface area contributed by atoms with Crippen LogP contribution in [0.1, 0.15) is 19.3 Å². The normalized spacial score (nSPS) is 23.5. The third kappa shape index (κ3) is 2.67. The van der Waals surface area contributed by atoms with E-state index in [4.69, 9.17) is 0 Å². The van der Waals surface area contributed by atoms with Gasteiger partial charge in [-0.25, -0.2) is 4.98 Å². The number of nitrogens with zero attached hydrogens (tertiary/aromatic N) is 1. The highest BCUT2D eigenvalue weighted by atomic mass is 35.5. The topological polar surface area (TPSA) is 74.2 Å². The summed E-state index contributed by atoms with van der Waals surface area (Å²) in [5.41, 5.74) is 0.208. The Kier molecular flexibility index (Phi) is 3.96. The van der Waals surface area contributed by atoms with E-state index in [0.717, 1.165) is 32.4 Å². The van der Waals surface area contributed by atoms with Crippen LogP contribution in [0.15, 0.2) is 18.3 Å². The number of amides is 1. The lowest BCUT2D eigenvalue weighted by Crippen LogP contribution is -2.31. The Bertz CT molecular complexity index is 475. The van der Waals surface area contributed by atoms with Crippen LogP contribution in [0.5, 0.6) is 5.75 Å². The zero-order chi connectivity index (χ0) is 12.6. The zero-order valence-corrected chi connectivity index (χ0v) is 11.4. The fourth-order valence-corrected chi connectivity index (χ4v) is 2.89. The Morgan fingerprint density at radius 1 is 1.47 bits per heavy atom. The number of aromatic hydroxyl groups is 1. The van der Waals surface area contributed by atoms with Crippen LogP contribution in [0.2, 0.25) is 0 Å². The summed E-state index contributed by atoms with van der Waals surface area (Å²) in [6.45, 7) is 2.00. The van der Waals surface area contributed by atoms with Gasteiger partial charge in [0.15, 0.2) is 11.6 Å². The van der Waals surface area contributed by atoms with Gasteiger partial charge in [0, 0.05) is 12.1 Å². The van der Waals surface area contributed by atoms with Crippen molar-refractivity contribution in [1.82, 2.24) is 10.3 Å². The van der Waals surface area contributed by atoms with E-state index in [1.165, 1.54) is 6.07 Å². The van der Waals surface area contributed by atoms with E-state index in [2.05, 4.69) is 15.6 Å². The van der Waals surface area contributed by atoms with Crippen LogP contribution in [-0.2, 0) is 4.79 Å². The van der Waals surface area contributed by atoms with Crippen molar-refractivity contribution in [3.8, 4) is 5.75 Å². The first-order chi connectivity index (χ1) is 8.71. The summed E-state index contributed by atoms with van der Waals surface area (Å²) in [6.07, 6.45) is 4.66. The molecule has 5 nitrogen and oxygen atoms in total. The Balaban J connectivity index is 0.00000133. The van der Waals surface area contributed by atoms with Crippen molar-refractivity contribution in [2.45, 2.75) is 19.3 Å². The van der Waals surface area contributed by atoms with Crippen molar-refractivity contribution in [3.05, 3.63) is 18.3 Å². The Morgan fingerprint density at radius 2 is 2.21 bits per heavy atom. The molecule has 0 radical (unpaired) electrons. The third-order valence-corrected chi connectivity index (χ3v) is 4.13. The van der Waals surface area contributed by atoms with E-state index in [9.17, 15) is 9.90 Å². The Hall–Kier alpha value is -1.33. The molecule has 1 saturated heterocycles. The highest BCUT2D eigenvalue weighted by Gasteiger charge is 2.57. The minimum absolute atomic E-state index is 0. The smallest absolute Gasteiger partial charge is 0.229 e. The fraction of sp³-hybridized carbons (Fsp3) is 0.538. The molecule has 1 amide bonds. The maximum atomic E-state index is 12.1. The summed E-state index contributed by atoms with van der Waals surface area (Å²) >= 11 is 0. The number of carbonyl (C=O) groups excluding carboxylic acids is 1. The minimum atomic E-state index is -0.00843. The van der Waals surface area contributed by atoms with Gasteiger partial charge in [0.2, 0.25) is 5.91 Å². The molecule has 1 spiro atoms. The van der Waals surface area contributed by atoms with Gasteiger partial charge in [0.1, 0.15) is 0 Å². The molecule has 2 heterocycles. The van der Waals surface area contributed by atoms with Crippen molar-refractivity contribution < 1.29 is 9.90 Å². The number of carbonyl (C=O) groups is 1. The summed E-state index contributed by atoms with van der Waals surface area (Å²) in [6, 6.07) is 3.16. The lowest BCUT2D eigenvalue weighted by Gasteiger charge is -2.23. The molecule has 1 saturated carbocycles. The van der Waals surface area contributed by atoms with Crippen molar-refractivity contribution in [2.24, 2.45) is 11.3 Å². The van der Waals surface area contributed by atoms with Crippen LogP contribution >= 0.6 is 12.4 Å². The SMILES string of the molecule is Cl.O=C(Nc1ncccc1O)C1CC12CCNCC2. The fourth-order valence-electron chi connectivity index (χ4n) is 2.89. The van der Waals surface area contributed by atoms with E-state index >= 15 is 0 Å². The molecule has 0 bridgehead atoms. The maximum absolute atomic E-state index is 12.1. The average Bonchev–Trinajstić information content (AvgIpc) is 3.07. The molecule has 2 fully saturated rings. The Morgan fingerprint density at radius 3 is 2.89 bits per heavy atom. The maximum Gasteiger partial charge on any atom is 0.229 e. The van der Waals surface area contributed by atoms with E-state index in [1.54, 1.807) is 12.3 Å². The number of hydrogen-bond acceptors (Lipinski definition) is 4. The van der Waals surface area contributed by atoms with E-state index in [0.29, 0.717) is 0 Å². The van der Waals surface area contributed by atoms with Crippen LogP contribution in [0, 0.1) is 11.3 Å². The molecular weight excluding hydrogens is 266 g/mol. The molecule has 1 unspecified atom stereocenters. The highest BCUT2D eigenvalue weighted by Crippen LogP contribution is 2.58. The molecule has 0 aromatic carbocycles. The molecule has 6 heteroatoms. The Labute approximate surface area is 118 Å². The number of halogens is 1. The number of rotatable bonds is 2. The third-order valence-electron chi connectivity index (χ3n) is 4.13. The van der Waals surface area contributed by atoms with Gasteiger partial charge in [0.05, 0.1) is 0 Å². The second-order valence-corrected chi connectivity index (χ2v) is 5.23. The van der Waals surface area contributed by atoms with E-state index in [1.807, 2.05) is 0 Å². The number of hydrogen-bond donors (Lipinski definition) is 3. The van der Waals surface area contributed by atoms with Gasteiger partial charge in [-0.05, 0) is 49.9 Å². The second kappa shape index (κ2) is 5.35. The van der Waals surface area contributed by atoms with E-state index < -0.39 is 0 Å². The molecular formula is C13H18ClN3O2. The molecule has 1 atom stereocenters. The predicted molar refractivity (Wildman–Crippen MR) is 74.4 cm³/mol. The van der Waals surface area contributed by atoms with Crippen LogP contribution in [0.3, 0.4) is 0 Å². The second-order valence-electron chi connectivity index (χ2n) is 5.23. The van der Waals surface area contributed by atoms with Gasteiger partial charge in [-0.3, -0.25) is 4.79 Å². The number of piperidine rings is 1. The molecule has 3 N–H and O–H groups in total. The van der Waals surface area contributed by atoms with Gasteiger partial charge in [-0.15, -0.1) is 12.4 Å². The summed E-state index contributed by atoms with van der Waals surface area (Å²) in [4.78, 5) is 16.1. The summed E-state index contributed by atoms with van der Waals surface area (Å²) in [5, 5.41) is 15.6. The first-order valence-electron chi connectivity index (χ1n) is 6.37. The monoisotopic (exact) mass is 283 g/mol. The quantitative estimate of drug-likeness (QED) is 0.770. The van der Waals surface area contributed by atoms with E-state index in [-0.39, 0.29) is 41.2 Å². The average molecular weight is 284 g/mol. The minimum Gasteiger partial charge on any atom is -0.504 e. The lowest BCUT2D eigenvalue weighted by molar-refractivity contribution is -0.118. The molecule has 19 heavy (non-hydrogen) atoms. The summed E-state index contributed by atoms with van der Waals surface area (Å²) in [5.74, 6) is 0.358. The largest absolute Gasteiger partial charge is 0.504 e. The summed E-state index contributed by atoms with van der Waals surface area (Å²) in [7, 11) is 0. The van der Waals surface area contributed by atoms with Crippen molar-refractivity contribution in [3.63, 3.8) is 0 Å². The zero-order valence-electron chi connectivity index (χ0n) is 10.6. The number of pyridine rings is 1. The molecule has 1 aromatic rings. The van der Waals surface area contributed by atoms with Crippen LogP contribution in [-0.4, -0.2) is 29.1 Å². The first-order valence-corrected chi connectivity index (χ1v) is 6.37. The molecule has 1 aliphatic heterocycles. The van der Waals surface area contributed by atoms with Gasteiger partial charge in [-0.1, -0.05) is 0 Å². The van der Waals surface area contributed by atoms with Crippen LogP contribution in [0.25, 0.3) is 0 Å². The standard InChI is InChI=1S/C13H17N3O2.ClH/c17-10-2-1-5-15-11(10)16-12(18)9-8-13(9)3-6-14-7-4-13;/h1-2,5,9,14,17H,3-4,6-8H2,(H,15,16,18);1H. The van der Waals surface area contributed by atoms with Crippen LogP contribution < -0.4 is 10.6 Å². The molecule has 104 valence electrons. The van der Waals surface area contributed by atoms with Gasteiger partial charge < -0.3 is 15.7 Å². The summed E-state index contributed by atoms with van der Waals surface area (Å²) < 4.78 is 0. The van der Waals surface area contributed by atoms with Crippen LogP contribution in [0.4, 0.5) is 5.82 Å². The highest BCUT2D eigenvalue weighted by molar-refractivity contribution is 5.95. The van der Waals surface area contributed by atoms with Crippen molar-refractivity contribution in [1.29, 1.82) is 0 Å². The number of nitrogens with one attached hydrogen (secondary N) is 2. The predicted octanol–water partition coefficient (Wildman–Crippen LogP) is 1.54. The van der Waals surface area contributed by atoms with Gasteiger partial charge in [-0.2, -0.15) is 0 Å². The lowest BCUT2D eigenvalue weighted by atomic mass is 9.92. The van der Waals surface area contributed by atoms with Gasteiger partial charge in [0.25, 0.3) is 0 Å². The molecule has 1 aliphatic carbocycles. The van der Waals surface area contributed by atoms with Crippen molar-refractivity contribution >= 4 is 24.1 Å². The molecule has 1 aromatic heterocycles. The number of anilines is 1. The molecule has 3 rings (SSSR count). The molecule has 2 aliphatic rings. The van der Waals surface area contributed by atoms with Crippen molar-refractivity contribution in [2.75, 3.05) is 18.4 Å². The van der Waals surface area contributed by atoms with Gasteiger partial charge >= 0.3 is 0 Å². The first kappa shape index (κ1) is 14.1. The number of aromatic nitrogens is 1.